The Kier molecular flexibility index (Phi) is 11.4. The maximum atomic E-state index is 3.62. The van der Waals surface area contributed by atoms with Crippen LogP contribution >= 0.6 is 0 Å². The molecule has 0 bridgehead atoms. The summed E-state index contributed by atoms with van der Waals surface area (Å²) in [6.07, 6.45) is 9.64. The van der Waals surface area contributed by atoms with Crippen LogP contribution in [0.1, 0.15) is 58.3 Å². The molecule has 14 heavy (non-hydrogen) atoms. The zero-order valence-corrected chi connectivity index (χ0v) is 9.36. The Bertz CT molecular complexity index is 216. The topological polar surface area (TPSA) is 0 Å². The van der Waals surface area contributed by atoms with Crippen LogP contribution in [0.15, 0.2) is 0 Å². The van der Waals surface area contributed by atoms with Crippen molar-refractivity contribution in [3.63, 3.8) is 0 Å². The molecule has 0 amide bonds. The highest BCUT2D eigenvalue weighted by Gasteiger charge is 1.87. The molecular formula is C14H21. The summed E-state index contributed by atoms with van der Waals surface area (Å²) in [5.74, 6) is 11.5. The van der Waals surface area contributed by atoms with E-state index < -0.39 is 0 Å². The highest BCUT2D eigenvalue weighted by Crippen LogP contribution is 2.05. The molecular weight excluding hydrogens is 168 g/mol. The largest absolute Gasteiger partial charge is 0.0891 e. The summed E-state index contributed by atoms with van der Waals surface area (Å²) in [5.41, 5.74) is 0. The van der Waals surface area contributed by atoms with Gasteiger partial charge in [-0.1, -0.05) is 50.9 Å². The Morgan fingerprint density at radius 3 is 2.21 bits per heavy atom. The van der Waals surface area contributed by atoms with Gasteiger partial charge < -0.3 is 0 Å². The van der Waals surface area contributed by atoms with Crippen molar-refractivity contribution in [1.29, 1.82) is 0 Å². The van der Waals surface area contributed by atoms with Gasteiger partial charge in [0.15, 0.2) is 0 Å². The SMILES string of the molecule is [CH2]CC#CC#CCCCCCCCC. The van der Waals surface area contributed by atoms with E-state index in [1.165, 1.54) is 38.5 Å². The van der Waals surface area contributed by atoms with Crippen molar-refractivity contribution in [3.05, 3.63) is 6.92 Å². The van der Waals surface area contributed by atoms with Crippen LogP contribution in [0, 0.1) is 30.6 Å². The molecule has 0 N–H and O–H groups in total. The molecule has 0 saturated carbocycles. The van der Waals surface area contributed by atoms with E-state index in [0.29, 0.717) is 6.42 Å². The number of hydrogen-bond acceptors (Lipinski definition) is 0. The summed E-state index contributed by atoms with van der Waals surface area (Å²) >= 11 is 0. The first-order valence-corrected chi connectivity index (χ1v) is 5.66. The normalized spacial score (nSPS) is 8.43. The van der Waals surface area contributed by atoms with Gasteiger partial charge in [-0.05, 0) is 25.2 Å². The molecule has 0 atom stereocenters. The van der Waals surface area contributed by atoms with Crippen molar-refractivity contribution in [3.8, 4) is 23.7 Å². The number of hydrogen-bond donors (Lipinski definition) is 0. The van der Waals surface area contributed by atoms with Crippen LogP contribution < -0.4 is 0 Å². The fraction of sp³-hybridized carbons (Fsp3) is 0.643. The van der Waals surface area contributed by atoms with Gasteiger partial charge in [0.05, 0.1) is 0 Å². The molecule has 0 spiro atoms. The second kappa shape index (κ2) is 12.1. The first kappa shape index (κ1) is 13.1. The Morgan fingerprint density at radius 2 is 1.50 bits per heavy atom. The molecule has 0 aliphatic carbocycles. The standard InChI is InChI=1S/C14H21/c1-3-5-7-9-11-13-14-12-10-8-6-4-2/h1,3-4,6,8,10,12-14H2,2H3. The van der Waals surface area contributed by atoms with Gasteiger partial charge in [-0.15, -0.1) is 0 Å². The first-order valence-electron chi connectivity index (χ1n) is 5.66. The Labute approximate surface area is 89.5 Å². The molecule has 77 valence electrons. The number of rotatable bonds is 6. The van der Waals surface area contributed by atoms with Crippen LogP contribution in [0.2, 0.25) is 0 Å². The van der Waals surface area contributed by atoms with Crippen molar-refractivity contribution in [2.24, 2.45) is 0 Å². The minimum Gasteiger partial charge on any atom is -0.0891 e. The van der Waals surface area contributed by atoms with E-state index >= 15 is 0 Å². The lowest BCUT2D eigenvalue weighted by atomic mass is 10.1. The summed E-state index contributed by atoms with van der Waals surface area (Å²) < 4.78 is 0. The third kappa shape index (κ3) is 11.1. The van der Waals surface area contributed by atoms with E-state index in [2.05, 4.69) is 37.5 Å². The molecule has 0 aromatic heterocycles. The molecule has 0 nitrogen and oxygen atoms in total. The van der Waals surface area contributed by atoms with E-state index in [4.69, 9.17) is 0 Å². The summed E-state index contributed by atoms with van der Waals surface area (Å²) in [6.45, 7) is 5.86. The average molecular weight is 189 g/mol. The molecule has 0 aromatic carbocycles. The van der Waals surface area contributed by atoms with E-state index in [-0.39, 0.29) is 0 Å². The zero-order valence-electron chi connectivity index (χ0n) is 9.36. The predicted octanol–water partition coefficient (Wildman–Crippen LogP) is 3.97. The highest BCUT2D eigenvalue weighted by molar-refractivity contribution is 5.25. The quantitative estimate of drug-likeness (QED) is 0.438. The van der Waals surface area contributed by atoms with Crippen LogP contribution in [0.5, 0.6) is 0 Å². The van der Waals surface area contributed by atoms with Gasteiger partial charge in [0.25, 0.3) is 0 Å². The van der Waals surface area contributed by atoms with Gasteiger partial charge in [-0.3, -0.25) is 0 Å². The van der Waals surface area contributed by atoms with Crippen molar-refractivity contribution >= 4 is 0 Å². The smallest absolute Gasteiger partial charge is 0.00992 e. The van der Waals surface area contributed by atoms with Crippen LogP contribution in [-0.4, -0.2) is 0 Å². The zero-order chi connectivity index (χ0) is 10.5. The fourth-order valence-electron chi connectivity index (χ4n) is 1.21. The monoisotopic (exact) mass is 189 g/mol. The maximum Gasteiger partial charge on any atom is 0.00992 e. The van der Waals surface area contributed by atoms with Crippen molar-refractivity contribution in [2.45, 2.75) is 58.3 Å². The Hall–Kier alpha value is -0.880. The highest BCUT2D eigenvalue weighted by atomic mass is 13.9. The molecule has 1 radical (unpaired) electrons. The van der Waals surface area contributed by atoms with Gasteiger partial charge in [-0.2, -0.15) is 0 Å². The van der Waals surface area contributed by atoms with Gasteiger partial charge in [-0.25, -0.2) is 0 Å². The van der Waals surface area contributed by atoms with Crippen LogP contribution in [0.3, 0.4) is 0 Å². The maximum absolute atomic E-state index is 3.62. The van der Waals surface area contributed by atoms with Crippen LogP contribution in [0.4, 0.5) is 0 Å². The van der Waals surface area contributed by atoms with E-state index in [0.717, 1.165) is 6.42 Å². The minimum atomic E-state index is 0.658. The van der Waals surface area contributed by atoms with Gasteiger partial charge >= 0.3 is 0 Å². The lowest BCUT2D eigenvalue weighted by Gasteiger charge is -1.96. The van der Waals surface area contributed by atoms with Gasteiger partial charge in [0, 0.05) is 12.8 Å². The molecule has 0 aliphatic heterocycles. The Morgan fingerprint density at radius 1 is 0.857 bits per heavy atom. The third-order valence-corrected chi connectivity index (χ3v) is 2.02. The molecule has 0 heteroatoms. The molecule has 0 rings (SSSR count). The number of unbranched alkanes of at least 4 members (excludes halogenated alkanes) is 6. The molecule has 0 saturated heterocycles. The average Bonchev–Trinajstić information content (AvgIpc) is 2.21. The lowest BCUT2D eigenvalue weighted by molar-refractivity contribution is 0.614. The van der Waals surface area contributed by atoms with Crippen LogP contribution in [0.25, 0.3) is 0 Å². The third-order valence-electron chi connectivity index (χ3n) is 2.02. The summed E-state index contributed by atoms with van der Waals surface area (Å²) in [4.78, 5) is 0. The predicted molar refractivity (Wildman–Crippen MR) is 63.5 cm³/mol. The first-order chi connectivity index (χ1) is 6.91. The molecule has 0 heterocycles. The molecule has 0 aliphatic rings. The lowest BCUT2D eigenvalue weighted by Crippen LogP contribution is -1.77. The van der Waals surface area contributed by atoms with Crippen LogP contribution in [-0.2, 0) is 0 Å². The second-order valence-electron chi connectivity index (χ2n) is 3.37. The van der Waals surface area contributed by atoms with E-state index in [1.54, 1.807) is 0 Å². The second-order valence-corrected chi connectivity index (χ2v) is 3.37. The molecule has 0 aromatic rings. The Balaban J connectivity index is 3.15. The van der Waals surface area contributed by atoms with Crippen molar-refractivity contribution in [1.82, 2.24) is 0 Å². The molecule has 0 unspecified atom stereocenters. The molecule has 0 fully saturated rings. The minimum absolute atomic E-state index is 0.658. The van der Waals surface area contributed by atoms with Crippen molar-refractivity contribution in [2.75, 3.05) is 0 Å². The summed E-state index contributed by atoms with van der Waals surface area (Å²) in [7, 11) is 0. The van der Waals surface area contributed by atoms with E-state index in [1.807, 2.05) is 0 Å². The summed E-state index contributed by atoms with van der Waals surface area (Å²) in [5, 5.41) is 0. The van der Waals surface area contributed by atoms with E-state index in [9.17, 15) is 0 Å². The van der Waals surface area contributed by atoms with Gasteiger partial charge in [0.2, 0.25) is 0 Å². The van der Waals surface area contributed by atoms with Gasteiger partial charge in [0.1, 0.15) is 0 Å². The summed E-state index contributed by atoms with van der Waals surface area (Å²) in [6, 6.07) is 0. The van der Waals surface area contributed by atoms with Crippen molar-refractivity contribution < 1.29 is 0 Å². The fourth-order valence-corrected chi connectivity index (χ4v) is 1.21.